The molecule has 23 heavy (non-hydrogen) atoms. The zero-order valence-corrected chi connectivity index (χ0v) is 12.6. The molecule has 7 heteroatoms. The van der Waals surface area contributed by atoms with Gasteiger partial charge in [0.05, 0.1) is 12.1 Å². The summed E-state index contributed by atoms with van der Waals surface area (Å²) < 4.78 is 0. The quantitative estimate of drug-likeness (QED) is 0.613. The van der Waals surface area contributed by atoms with E-state index in [-0.39, 0.29) is 12.1 Å². The lowest BCUT2D eigenvalue weighted by Gasteiger charge is -2.18. The molecular weight excluding hydrogens is 294 g/mol. The smallest absolute Gasteiger partial charge is 0.315 e. The van der Waals surface area contributed by atoms with Crippen molar-refractivity contribution >= 4 is 12.0 Å². The monoisotopic (exact) mass is 313 g/mol. The minimum atomic E-state index is -0.589. The Morgan fingerprint density at radius 1 is 1.17 bits per heavy atom. The van der Waals surface area contributed by atoms with Crippen LogP contribution in [0.25, 0.3) is 0 Å². The maximum absolute atomic E-state index is 12.0. The van der Waals surface area contributed by atoms with Crippen LogP contribution in [0.2, 0.25) is 0 Å². The van der Waals surface area contributed by atoms with Crippen molar-refractivity contribution in [3.05, 3.63) is 53.9 Å². The van der Waals surface area contributed by atoms with E-state index in [4.69, 9.17) is 0 Å². The number of anilines is 1. The van der Waals surface area contributed by atoms with Crippen LogP contribution < -0.4 is 16.0 Å². The molecule has 1 heterocycles. The number of fused-ring (bicyclic) bond motifs is 1. The van der Waals surface area contributed by atoms with E-state index in [1.54, 1.807) is 18.5 Å². The van der Waals surface area contributed by atoms with Gasteiger partial charge in [0.25, 0.3) is 0 Å². The molecule has 0 fully saturated rings. The van der Waals surface area contributed by atoms with E-state index in [1.807, 2.05) is 24.3 Å². The molecule has 0 saturated heterocycles. The van der Waals surface area contributed by atoms with Gasteiger partial charge in [0.15, 0.2) is 0 Å². The molecular formula is C16H19N5O2. The Kier molecular flexibility index (Phi) is 4.68. The maximum Gasteiger partial charge on any atom is 0.315 e. The first kappa shape index (κ1) is 15.2. The molecule has 2 amide bonds. The number of nitrogens with one attached hydrogen (secondary N) is 3. The number of carbonyl (C=O) groups is 1. The number of rotatable bonds is 5. The van der Waals surface area contributed by atoms with Crippen molar-refractivity contribution in [1.29, 1.82) is 0 Å². The Morgan fingerprint density at radius 2 is 1.96 bits per heavy atom. The minimum absolute atomic E-state index is 0.304. The lowest BCUT2D eigenvalue weighted by molar-refractivity contribution is 0.142. The SMILES string of the molecule is O=C(NCCNc1ncccn1)N[C@@H]1c2ccccc2C[C@H]1O. The van der Waals surface area contributed by atoms with Crippen LogP contribution in [0.4, 0.5) is 10.7 Å². The zero-order chi connectivity index (χ0) is 16.1. The summed E-state index contributed by atoms with van der Waals surface area (Å²) >= 11 is 0. The molecule has 0 radical (unpaired) electrons. The predicted molar refractivity (Wildman–Crippen MR) is 85.9 cm³/mol. The molecule has 2 atom stereocenters. The van der Waals surface area contributed by atoms with Gasteiger partial charge in [-0.05, 0) is 17.2 Å². The van der Waals surface area contributed by atoms with Crippen LogP contribution in [-0.4, -0.2) is 40.3 Å². The lowest BCUT2D eigenvalue weighted by Crippen LogP contribution is -2.42. The van der Waals surface area contributed by atoms with E-state index < -0.39 is 6.10 Å². The average Bonchev–Trinajstić information content (AvgIpc) is 2.88. The molecule has 2 aromatic rings. The molecule has 3 rings (SSSR count). The fourth-order valence-corrected chi connectivity index (χ4v) is 2.68. The number of amides is 2. The van der Waals surface area contributed by atoms with Crippen LogP contribution in [0.3, 0.4) is 0 Å². The Balaban J connectivity index is 1.45. The molecule has 1 aromatic heterocycles. The second kappa shape index (κ2) is 7.06. The number of nitrogens with zero attached hydrogens (tertiary/aromatic N) is 2. The third kappa shape index (κ3) is 3.75. The number of benzene rings is 1. The highest BCUT2D eigenvalue weighted by molar-refractivity contribution is 5.74. The van der Waals surface area contributed by atoms with Crippen molar-refractivity contribution in [2.45, 2.75) is 18.6 Å². The van der Waals surface area contributed by atoms with Gasteiger partial charge >= 0.3 is 6.03 Å². The Bertz CT molecular complexity index is 665. The van der Waals surface area contributed by atoms with Crippen molar-refractivity contribution in [1.82, 2.24) is 20.6 Å². The van der Waals surface area contributed by atoms with Crippen molar-refractivity contribution < 1.29 is 9.90 Å². The fourth-order valence-electron chi connectivity index (χ4n) is 2.68. The Labute approximate surface area is 134 Å². The van der Waals surface area contributed by atoms with Gasteiger partial charge < -0.3 is 21.1 Å². The number of aromatic nitrogens is 2. The highest BCUT2D eigenvalue weighted by Gasteiger charge is 2.31. The number of aliphatic hydroxyl groups is 1. The van der Waals surface area contributed by atoms with Gasteiger partial charge in [-0.3, -0.25) is 0 Å². The Hall–Kier alpha value is -2.67. The van der Waals surface area contributed by atoms with Gasteiger partial charge in [-0.1, -0.05) is 24.3 Å². The molecule has 0 aliphatic heterocycles. The first-order chi connectivity index (χ1) is 11.2. The summed E-state index contributed by atoms with van der Waals surface area (Å²) in [6.45, 7) is 0.940. The van der Waals surface area contributed by atoms with Crippen molar-refractivity contribution in [3.8, 4) is 0 Å². The number of aliphatic hydroxyl groups excluding tert-OH is 1. The second-order valence-corrected chi connectivity index (χ2v) is 5.35. The van der Waals surface area contributed by atoms with Gasteiger partial charge in [0.1, 0.15) is 0 Å². The second-order valence-electron chi connectivity index (χ2n) is 5.35. The summed E-state index contributed by atoms with van der Waals surface area (Å²) in [6.07, 6.45) is 3.27. The van der Waals surface area contributed by atoms with Gasteiger partial charge in [-0.15, -0.1) is 0 Å². The van der Waals surface area contributed by atoms with Crippen LogP contribution >= 0.6 is 0 Å². The van der Waals surface area contributed by atoms with E-state index in [0.717, 1.165) is 11.1 Å². The minimum Gasteiger partial charge on any atom is -0.390 e. The molecule has 0 spiro atoms. The van der Waals surface area contributed by atoms with Crippen molar-refractivity contribution in [2.75, 3.05) is 18.4 Å². The first-order valence-corrected chi connectivity index (χ1v) is 7.55. The van der Waals surface area contributed by atoms with Crippen LogP contribution in [0.5, 0.6) is 0 Å². The highest BCUT2D eigenvalue weighted by atomic mass is 16.3. The van der Waals surface area contributed by atoms with Gasteiger partial charge in [-0.2, -0.15) is 0 Å². The van der Waals surface area contributed by atoms with Gasteiger partial charge in [-0.25, -0.2) is 14.8 Å². The van der Waals surface area contributed by atoms with Crippen molar-refractivity contribution in [3.63, 3.8) is 0 Å². The van der Waals surface area contributed by atoms with E-state index in [2.05, 4.69) is 25.9 Å². The lowest BCUT2D eigenvalue weighted by atomic mass is 10.1. The van der Waals surface area contributed by atoms with Crippen molar-refractivity contribution in [2.24, 2.45) is 0 Å². The number of carbonyl (C=O) groups excluding carboxylic acids is 1. The zero-order valence-electron chi connectivity index (χ0n) is 12.6. The summed E-state index contributed by atoms with van der Waals surface area (Å²) in [6, 6.07) is 8.82. The summed E-state index contributed by atoms with van der Waals surface area (Å²) in [5.74, 6) is 0.523. The molecule has 0 bridgehead atoms. The van der Waals surface area contributed by atoms with Crippen LogP contribution in [0, 0.1) is 0 Å². The summed E-state index contributed by atoms with van der Waals surface area (Å²) in [5.41, 5.74) is 2.05. The predicted octanol–water partition coefficient (Wildman–Crippen LogP) is 0.846. The third-order valence-corrected chi connectivity index (χ3v) is 3.75. The van der Waals surface area contributed by atoms with Gasteiger partial charge in [0, 0.05) is 31.9 Å². The van der Waals surface area contributed by atoms with E-state index >= 15 is 0 Å². The van der Waals surface area contributed by atoms with Crippen LogP contribution in [-0.2, 0) is 6.42 Å². The summed E-state index contributed by atoms with van der Waals surface area (Å²) in [5, 5.41) is 18.7. The fraction of sp³-hybridized carbons (Fsp3) is 0.312. The molecule has 1 aliphatic rings. The molecule has 1 aromatic carbocycles. The van der Waals surface area contributed by atoms with Crippen LogP contribution in [0.1, 0.15) is 17.2 Å². The van der Waals surface area contributed by atoms with E-state index in [9.17, 15) is 9.90 Å². The number of hydrogen-bond acceptors (Lipinski definition) is 5. The molecule has 0 unspecified atom stereocenters. The molecule has 7 nitrogen and oxygen atoms in total. The molecule has 1 aliphatic carbocycles. The normalized spacial score (nSPS) is 19.0. The largest absolute Gasteiger partial charge is 0.390 e. The maximum atomic E-state index is 12.0. The average molecular weight is 313 g/mol. The third-order valence-electron chi connectivity index (χ3n) is 3.75. The molecule has 0 saturated carbocycles. The topological polar surface area (TPSA) is 99.2 Å². The number of hydrogen-bond donors (Lipinski definition) is 4. The molecule has 4 N–H and O–H groups in total. The first-order valence-electron chi connectivity index (χ1n) is 7.55. The summed E-state index contributed by atoms with van der Waals surface area (Å²) in [7, 11) is 0. The summed E-state index contributed by atoms with van der Waals surface area (Å²) in [4.78, 5) is 20.0. The highest BCUT2D eigenvalue weighted by Crippen LogP contribution is 2.30. The van der Waals surface area contributed by atoms with Gasteiger partial charge in [0.2, 0.25) is 5.95 Å². The van der Waals surface area contributed by atoms with E-state index in [1.165, 1.54) is 0 Å². The molecule has 120 valence electrons. The number of urea groups is 1. The van der Waals surface area contributed by atoms with E-state index in [0.29, 0.717) is 25.5 Å². The standard InChI is InChI=1S/C16H19N5O2/c22-13-10-11-4-1-2-5-12(11)14(13)21-16(23)20-9-8-19-15-17-6-3-7-18-15/h1-7,13-14,22H,8-10H2,(H,17,18,19)(H2,20,21,23)/t13-,14-/m1/s1. The Morgan fingerprint density at radius 3 is 2.78 bits per heavy atom. The van der Waals surface area contributed by atoms with Crippen LogP contribution in [0.15, 0.2) is 42.7 Å².